The summed E-state index contributed by atoms with van der Waals surface area (Å²) in [5.41, 5.74) is 5.67. The van der Waals surface area contributed by atoms with Crippen molar-refractivity contribution in [3.05, 3.63) is 29.3 Å². The number of rotatable bonds is 6. The fourth-order valence-electron chi connectivity index (χ4n) is 1.12. The summed E-state index contributed by atoms with van der Waals surface area (Å²) >= 11 is 5.73. The third-order valence-electron chi connectivity index (χ3n) is 2.27. The van der Waals surface area contributed by atoms with Gasteiger partial charge in [-0.2, -0.15) is 0 Å². The topological polar surface area (TPSA) is 64.3 Å². The van der Waals surface area contributed by atoms with E-state index in [-0.39, 0.29) is 18.6 Å². The average molecular weight is 257 g/mol. The number of carbonyl (C=O) groups excluding carboxylic acids is 1. The van der Waals surface area contributed by atoms with Crippen molar-refractivity contribution in [3.8, 4) is 5.75 Å². The van der Waals surface area contributed by atoms with Crippen LogP contribution in [0.25, 0.3) is 0 Å². The highest BCUT2D eigenvalue weighted by atomic mass is 35.5. The van der Waals surface area contributed by atoms with E-state index >= 15 is 0 Å². The molecule has 1 unspecified atom stereocenters. The molecule has 0 saturated heterocycles. The monoisotopic (exact) mass is 256 g/mol. The second-order valence-electron chi connectivity index (χ2n) is 3.72. The van der Waals surface area contributed by atoms with Gasteiger partial charge in [0.2, 0.25) is 0 Å². The molecular weight excluding hydrogens is 240 g/mol. The van der Waals surface area contributed by atoms with Crippen molar-refractivity contribution >= 4 is 17.5 Å². The van der Waals surface area contributed by atoms with Crippen LogP contribution in [0.5, 0.6) is 5.75 Å². The summed E-state index contributed by atoms with van der Waals surface area (Å²) < 4.78 is 5.28. The molecule has 1 atom stereocenters. The zero-order valence-corrected chi connectivity index (χ0v) is 10.5. The van der Waals surface area contributed by atoms with Gasteiger partial charge in [0.25, 0.3) is 5.91 Å². The summed E-state index contributed by atoms with van der Waals surface area (Å²) in [6.07, 6.45) is 0.832. The van der Waals surface area contributed by atoms with Crippen molar-refractivity contribution < 1.29 is 9.53 Å². The molecule has 1 aromatic rings. The number of nitrogens with one attached hydrogen (secondary N) is 1. The van der Waals surface area contributed by atoms with E-state index in [0.717, 1.165) is 6.42 Å². The lowest BCUT2D eigenvalue weighted by Crippen LogP contribution is -2.38. The van der Waals surface area contributed by atoms with E-state index in [0.29, 0.717) is 17.3 Å². The number of amides is 1. The molecule has 1 rings (SSSR count). The van der Waals surface area contributed by atoms with Gasteiger partial charge in [-0.15, -0.1) is 0 Å². The quantitative estimate of drug-likeness (QED) is 0.812. The third-order valence-corrected chi connectivity index (χ3v) is 2.52. The van der Waals surface area contributed by atoms with Crippen LogP contribution >= 0.6 is 11.6 Å². The van der Waals surface area contributed by atoms with E-state index in [2.05, 4.69) is 5.32 Å². The summed E-state index contributed by atoms with van der Waals surface area (Å²) in [5.74, 6) is 0.438. The van der Waals surface area contributed by atoms with Crippen molar-refractivity contribution in [2.45, 2.75) is 19.4 Å². The molecule has 0 radical (unpaired) electrons. The summed E-state index contributed by atoms with van der Waals surface area (Å²) in [5, 5.41) is 3.33. The van der Waals surface area contributed by atoms with Crippen LogP contribution in [0.4, 0.5) is 0 Å². The summed E-state index contributed by atoms with van der Waals surface area (Å²) in [6, 6.07) is 6.85. The molecule has 1 aromatic carbocycles. The number of carbonyl (C=O) groups is 1. The van der Waals surface area contributed by atoms with Crippen molar-refractivity contribution in [1.29, 1.82) is 0 Å². The largest absolute Gasteiger partial charge is 0.484 e. The Kier molecular flexibility index (Phi) is 5.80. The van der Waals surface area contributed by atoms with Gasteiger partial charge < -0.3 is 15.8 Å². The smallest absolute Gasteiger partial charge is 0.257 e. The first-order chi connectivity index (χ1) is 8.11. The Balaban J connectivity index is 2.26. The van der Waals surface area contributed by atoms with Gasteiger partial charge in [-0.3, -0.25) is 4.79 Å². The molecule has 0 aromatic heterocycles. The Bertz CT molecular complexity index is 354. The van der Waals surface area contributed by atoms with Crippen LogP contribution in [-0.4, -0.2) is 25.1 Å². The molecule has 1 amide bonds. The first kappa shape index (κ1) is 13.8. The number of nitrogens with two attached hydrogens (primary N) is 1. The van der Waals surface area contributed by atoms with Gasteiger partial charge in [0, 0.05) is 17.6 Å². The van der Waals surface area contributed by atoms with Crippen LogP contribution in [0.2, 0.25) is 5.02 Å². The maximum atomic E-state index is 11.4. The normalized spacial score (nSPS) is 11.9. The second-order valence-corrected chi connectivity index (χ2v) is 4.15. The Morgan fingerprint density at radius 1 is 1.47 bits per heavy atom. The van der Waals surface area contributed by atoms with E-state index in [1.54, 1.807) is 24.3 Å². The molecule has 5 heteroatoms. The highest BCUT2D eigenvalue weighted by molar-refractivity contribution is 6.30. The minimum absolute atomic E-state index is 0.00511. The van der Waals surface area contributed by atoms with Crippen molar-refractivity contribution in [2.75, 3.05) is 13.2 Å². The van der Waals surface area contributed by atoms with Crippen LogP contribution in [0.3, 0.4) is 0 Å². The van der Waals surface area contributed by atoms with Gasteiger partial charge in [-0.1, -0.05) is 18.5 Å². The van der Waals surface area contributed by atoms with Gasteiger partial charge in [-0.05, 0) is 30.7 Å². The van der Waals surface area contributed by atoms with Gasteiger partial charge in [0.05, 0.1) is 0 Å². The molecule has 3 N–H and O–H groups in total. The van der Waals surface area contributed by atoms with Crippen LogP contribution in [0.1, 0.15) is 13.3 Å². The van der Waals surface area contributed by atoms with Crippen molar-refractivity contribution in [3.63, 3.8) is 0 Å². The van der Waals surface area contributed by atoms with Crippen LogP contribution in [-0.2, 0) is 4.79 Å². The van der Waals surface area contributed by atoms with E-state index in [4.69, 9.17) is 22.1 Å². The molecular formula is C12H17ClN2O2. The zero-order valence-electron chi connectivity index (χ0n) is 9.78. The van der Waals surface area contributed by atoms with Crippen LogP contribution in [0, 0.1) is 0 Å². The van der Waals surface area contributed by atoms with Crippen LogP contribution < -0.4 is 15.8 Å². The predicted octanol–water partition coefficient (Wildman–Crippen LogP) is 1.57. The fourth-order valence-corrected chi connectivity index (χ4v) is 1.25. The molecule has 0 saturated carbocycles. The minimum Gasteiger partial charge on any atom is -0.484 e. The Morgan fingerprint density at radius 3 is 2.71 bits per heavy atom. The maximum Gasteiger partial charge on any atom is 0.257 e. The first-order valence-electron chi connectivity index (χ1n) is 5.52. The molecule has 0 bridgehead atoms. The Labute approximate surface area is 106 Å². The number of halogens is 1. The standard InChI is InChI=1S/C12H17ClN2O2/c1-2-10(14)7-15-12(16)8-17-11-5-3-9(13)4-6-11/h3-6,10H,2,7-8,14H2,1H3,(H,15,16). The molecule has 94 valence electrons. The lowest BCUT2D eigenvalue weighted by molar-refractivity contribution is -0.123. The highest BCUT2D eigenvalue weighted by Crippen LogP contribution is 2.15. The van der Waals surface area contributed by atoms with Crippen molar-refractivity contribution in [2.24, 2.45) is 5.73 Å². The van der Waals surface area contributed by atoms with E-state index < -0.39 is 0 Å². The van der Waals surface area contributed by atoms with E-state index in [9.17, 15) is 4.79 Å². The van der Waals surface area contributed by atoms with Crippen molar-refractivity contribution in [1.82, 2.24) is 5.32 Å². The Hall–Kier alpha value is -1.26. The number of hydrogen-bond acceptors (Lipinski definition) is 3. The lowest BCUT2D eigenvalue weighted by Gasteiger charge is -2.11. The molecule has 0 aliphatic rings. The SMILES string of the molecule is CCC(N)CNC(=O)COc1ccc(Cl)cc1. The van der Waals surface area contributed by atoms with E-state index in [1.165, 1.54) is 0 Å². The minimum atomic E-state index is -0.177. The molecule has 0 spiro atoms. The maximum absolute atomic E-state index is 11.4. The number of benzene rings is 1. The number of ether oxygens (including phenoxy) is 1. The van der Waals surface area contributed by atoms with Gasteiger partial charge in [0.15, 0.2) is 6.61 Å². The average Bonchev–Trinajstić information content (AvgIpc) is 2.35. The predicted molar refractivity (Wildman–Crippen MR) is 68.2 cm³/mol. The first-order valence-corrected chi connectivity index (χ1v) is 5.90. The number of hydrogen-bond donors (Lipinski definition) is 2. The fraction of sp³-hybridized carbons (Fsp3) is 0.417. The molecule has 0 aliphatic carbocycles. The molecule has 0 fully saturated rings. The van der Waals surface area contributed by atoms with Gasteiger partial charge in [-0.25, -0.2) is 0 Å². The lowest BCUT2D eigenvalue weighted by atomic mass is 10.2. The summed E-state index contributed by atoms with van der Waals surface area (Å²) in [4.78, 5) is 11.4. The van der Waals surface area contributed by atoms with E-state index in [1.807, 2.05) is 6.92 Å². The van der Waals surface area contributed by atoms with Gasteiger partial charge in [0.1, 0.15) is 5.75 Å². The summed E-state index contributed by atoms with van der Waals surface area (Å²) in [7, 11) is 0. The van der Waals surface area contributed by atoms with Gasteiger partial charge >= 0.3 is 0 Å². The highest BCUT2D eigenvalue weighted by Gasteiger charge is 2.04. The summed E-state index contributed by atoms with van der Waals surface area (Å²) in [6.45, 7) is 2.43. The zero-order chi connectivity index (χ0) is 12.7. The molecule has 17 heavy (non-hydrogen) atoms. The molecule has 0 heterocycles. The molecule has 0 aliphatic heterocycles. The Morgan fingerprint density at radius 2 is 2.12 bits per heavy atom. The second kappa shape index (κ2) is 7.14. The molecule has 4 nitrogen and oxygen atoms in total. The third kappa shape index (κ3) is 5.56. The van der Waals surface area contributed by atoms with Crippen LogP contribution in [0.15, 0.2) is 24.3 Å².